The summed E-state index contributed by atoms with van der Waals surface area (Å²) < 4.78 is 2.54. The van der Waals surface area contributed by atoms with E-state index >= 15 is 0 Å². The van der Waals surface area contributed by atoms with Crippen LogP contribution in [0.1, 0.15) is 16.8 Å². The molecule has 5 rings (SSSR count). The standard InChI is InChI=1S/C24H20BrClN6O/c25-18-14-30-32-22(12-21(31-23(18)32)16-7-1-3-8-19(16)26)27-10-5-11-28-24(33)17-13-29-20-9-4-2-6-15(17)20/h1-4,6-9,12-14,27,29H,5,10-11H2,(H,28,33). The Kier molecular flexibility index (Phi) is 6.02. The molecule has 9 heteroatoms. The van der Waals surface area contributed by atoms with Gasteiger partial charge >= 0.3 is 0 Å². The molecule has 33 heavy (non-hydrogen) atoms. The lowest BCUT2D eigenvalue weighted by Gasteiger charge is -2.12. The normalized spacial score (nSPS) is 11.2. The number of halogens is 2. The van der Waals surface area contributed by atoms with E-state index in [2.05, 4.69) is 36.6 Å². The number of carbonyl (C=O) groups excluding carboxylic acids is 1. The van der Waals surface area contributed by atoms with E-state index in [-0.39, 0.29) is 5.91 Å². The minimum absolute atomic E-state index is 0.0873. The lowest BCUT2D eigenvalue weighted by atomic mass is 10.1. The van der Waals surface area contributed by atoms with E-state index in [9.17, 15) is 4.79 Å². The molecule has 0 unspecified atom stereocenters. The Balaban J connectivity index is 1.26. The number of hydrogen-bond donors (Lipinski definition) is 3. The van der Waals surface area contributed by atoms with Crippen molar-refractivity contribution >= 4 is 55.8 Å². The molecule has 3 heterocycles. The molecule has 0 saturated carbocycles. The van der Waals surface area contributed by atoms with Gasteiger partial charge in [-0.2, -0.15) is 9.61 Å². The van der Waals surface area contributed by atoms with Crippen molar-refractivity contribution in [2.45, 2.75) is 6.42 Å². The van der Waals surface area contributed by atoms with Crippen LogP contribution in [0.15, 0.2) is 71.5 Å². The molecule has 0 saturated heterocycles. The third kappa shape index (κ3) is 4.31. The predicted molar refractivity (Wildman–Crippen MR) is 135 cm³/mol. The summed E-state index contributed by atoms with van der Waals surface area (Å²) >= 11 is 9.91. The molecule has 0 aliphatic carbocycles. The number of para-hydroxylation sites is 1. The monoisotopic (exact) mass is 522 g/mol. The molecule has 0 fully saturated rings. The predicted octanol–water partition coefficient (Wildman–Crippen LogP) is 5.53. The van der Waals surface area contributed by atoms with E-state index in [0.717, 1.165) is 38.9 Å². The first-order valence-electron chi connectivity index (χ1n) is 10.5. The third-order valence-corrected chi connectivity index (χ3v) is 6.25. The van der Waals surface area contributed by atoms with Crippen molar-refractivity contribution in [3.05, 3.63) is 82.0 Å². The molecule has 0 aliphatic rings. The number of hydrogen-bond acceptors (Lipinski definition) is 4. The van der Waals surface area contributed by atoms with Crippen LogP contribution in [-0.2, 0) is 0 Å². The molecule has 0 spiro atoms. The molecule has 2 aromatic carbocycles. The number of amides is 1. The van der Waals surface area contributed by atoms with Crippen LogP contribution in [0.5, 0.6) is 0 Å². The number of carbonyl (C=O) groups is 1. The highest BCUT2D eigenvalue weighted by Gasteiger charge is 2.14. The van der Waals surface area contributed by atoms with E-state index in [1.165, 1.54) is 0 Å². The Morgan fingerprint density at radius 3 is 2.82 bits per heavy atom. The van der Waals surface area contributed by atoms with Crippen molar-refractivity contribution in [3.63, 3.8) is 0 Å². The molecule has 3 N–H and O–H groups in total. The Bertz CT molecular complexity index is 1460. The van der Waals surface area contributed by atoms with Gasteiger partial charge in [-0.3, -0.25) is 4.79 Å². The number of rotatable bonds is 7. The minimum Gasteiger partial charge on any atom is -0.370 e. The quantitative estimate of drug-likeness (QED) is 0.245. The number of benzene rings is 2. The van der Waals surface area contributed by atoms with Gasteiger partial charge in [0.05, 0.1) is 21.9 Å². The van der Waals surface area contributed by atoms with Crippen molar-refractivity contribution in [1.82, 2.24) is 24.9 Å². The number of nitrogens with one attached hydrogen (secondary N) is 3. The van der Waals surface area contributed by atoms with Crippen LogP contribution in [-0.4, -0.2) is 38.6 Å². The first kappa shape index (κ1) is 21.5. The van der Waals surface area contributed by atoms with Crippen LogP contribution in [0.25, 0.3) is 27.8 Å². The maximum atomic E-state index is 12.6. The van der Waals surface area contributed by atoms with Crippen LogP contribution < -0.4 is 10.6 Å². The molecule has 166 valence electrons. The summed E-state index contributed by atoms with van der Waals surface area (Å²) in [7, 11) is 0. The molecular formula is C24H20BrClN6O. The second-order valence-corrected chi connectivity index (χ2v) is 8.78. The number of aromatic amines is 1. The van der Waals surface area contributed by atoms with E-state index < -0.39 is 0 Å². The van der Waals surface area contributed by atoms with Crippen LogP contribution in [0.3, 0.4) is 0 Å². The SMILES string of the molecule is O=C(NCCCNc1cc(-c2ccccc2Cl)nc2c(Br)cnn12)c1c[nH]c2ccccc12. The van der Waals surface area contributed by atoms with Crippen molar-refractivity contribution in [1.29, 1.82) is 0 Å². The topological polar surface area (TPSA) is 87.1 Å². The number of H-pyrrole nitrogens is 1. The summed E-state index contributed by atoms with van der Waals surface area (Å²) in [6, 6.07) is 17.3. The first-order chi connectivity index (χ1) is 16.1. The van der Waals surface area contributed by atoms with Crippen LogP contribution in [0.4, 0.5) is 5.82 Å². The fourth-order valence-electron chi connectivity index (χ4n) is 3.73. The van der Waals surface area contributed by atoms with Gasteiger partial charge in [0.25, 0.3) is 5.91 Å². The fourth-order valence-corrected chi connectivity index (χ4v) is 4.31. The van der Waals surface area contributed by atoms with Gasteiger partial charge in [0.15, 0.2) is 5.65 Å². The molecule has 1 amide bonds. The molecule has 5 aromatic rings. The van der Waals surface area contributed by atoms with Crippen molar-refractivity contribution < 1.29 is 4.79 Å². The minimum atomic E-state index is -0.0873. The molecule has 0 aliphatic heterocycles. The Hall–Kier alpha value is -3.36. The number of aromatic nitrogens is 4. The largest absolute Gasteiger partial charge is 0.370 e. The highest BCUT2D eigenvalue weighted by Crippen LogP contribution is 2.30. The van der Waals surface area contributed by atoms with E-state index in [0.29, 0.717) is 29.3 Å². The number of nitrogens with zero attached hydrogens (tertiary/aromatic N) is 3. The van der Waals surface area contributed by atoms with Gasteiger partial charge in [0.2, 0.25) is 0 Å². The number of anilines is 1. The summed E-state index contributed by atoms with van der Waals surface area (Å²) in [5.41, 5.74) is 3.90. The fraction of sp³-hybridized carbons (Fsp3) is 0.125. The zero-order chi connectivity index (χ0) is 22.8. The summed E-state index contributed by atoms with van der Waals surface area (Å²) in [5.74, 6) is 0.708. The van der Waals surface area contributed by atoms with Gasteiger partial charge < -0.3 is 15.6 Å². The summed E-state index contributed by atoms with van der Waals surface area (Å²) in [4.78, 5) is 20.4. The molecule has 7 nitrogen and oxygen atoms in total. The average molecular weight is 524 g/mol. The second kappa shape index (κ2) is 9.25. The zero-order valence-corrected chi connectivity index (χ0v) is 19.8. The van der Waals surface area contributed by atoms with Gasteiger partial charge in [0.1, 0.15) is 5.82 Å². The highest BCUT2D eigenvalue weighted by atomic mass is 79.9. The van der Waals surface area contributed by atoms with Gasteiger partial charge in [-0.1, -0.05) is 48.0 Å². The van der Waals surface area contributed by atoms with E-state index in [4.69, 9.17) is 16.6 Å². The van der Waals surface area contributed by atoms with Crippen LogP contribution >= 0.6 is 27.5 Å². The second-order valence-electron chi connectivity index (χ2n) is 7.52. The van der Waals surface area contributed by atoms with Gasteiger partial charge in [-0.25, -0.2) is 4.98 Å². The smallest absolute Gasteiger partial charge is 0.253 e. The lowest BCUT2D eigenvalue weighted by Crippen LogP contribution is -2.25. The molecular weight excluding hydrogens is 504 g/mol. The molecule has 0 atom stereocenters. The van der Waals surface area contributed by atoms with E-state index in [1.807, 2.05) is 54.6 Å². The number of fused-ring (bicyclic) bond motifs is 2. The van der Waals surface area contributed by atoms with Crippen LogP contribution in [0.2, 0.25) is 5.02 Å². The van der Waals surface area contributed by atoms with Crippen molar-refractivity contribution in [2.75, 3.05) is 18.4 Å². The van der Waals surface area contributed by atoms with Gasteiger partial charge in [-0.05, 0) is 34.5 Å². The van der Waals surface area contributed by atoms with Crippen LogP contribution in [0, 0.1) is 0 Å². The summed E-state index contributed by atoms with van der Waals surface area (Å²) in [6.07, 6.45) is 4.20. The molecule has 3 aromatic heterocycles. The Labute approximate surface area is 203 Å². The maximum Gasteiger partial charge on any atom is 0.253 e. The highest BCUT2D eigenvalue weighted by molar-refractivity contribution is 9.10. The molecule has 0 radical (unpaired) electrons. The van der Waals surface area contributed by atoms with Crippen molar-refractivity contribution in [2.24, 2.45) is 0 Å². The third-order valence-electron chi connectivity index (χ3n) is 5.36. The Morgan fingerprint density at radius 1 is 1.12 bits per heavy atom. The average Bonchev–Trinajstić information content (AvgIpc) is 3.43. The first-order valence-corrected chi connectivity index (χ1v) is 11.7. The van der Waals surface area contributed by atoms with Gasteiger partial charge in [0, 0.05) is 46.8 Å². The lowest BCUT2D eigenvalue weighted by molar-refractivity contribution is 0.0955. The zero-order valence-electron chi connectivity index (χ0n) is 17.5. The van der Waals surface area contributed by atoms with E-state index in [1.54, 1.807) is 16.9 Å². The summed E-state index contributed by atoms with van der Waals surface area (Å²) in [6.45, 7) is 1.19. The summed E-state index contributed by atoms with van der Waals surface area (Å²) in [5, 5.41) is 12.4. The van der Waals surface area contributed by atoms with Gasteiger partial charge in [-0.15, -0.1) is 0 Å². The molecule has 0 bridgehead atoms. The Morgan fingerprint density at radius 2 is 1.94 bits per heavy atom. The maximum absolute atomic E-state index is 12.6. The van der Waals surface area contributed by atoms with Crippen molar-refractivity contribution in [3.8, 4) is 11.3 Å².